The minimum absolute atomic E-state index is 0.102. The Hall–Kier alpha value is -1.62. The van der Waals surface area contributed by atoms with Crippen molar-refractivity contribution in [3.8, 4) is 0 Å². The first-order chi connectivity index (χ1) is 8.22. The van der Waals surface area contributed by atoms with Crippen LogP contribution < -0.4 is 5.73 Å². The molecule has 17 heavy (non-hydrogen) atoms. The van der Waals surface area contributed by atoms with Gasteiger partial charge in [-0.1, -0.05) is 13.8 Å². The van der Waals surface area contributed by atoms with E-state index >= 15 is 0 Å². The maximum atomic E-state index is 5.96. The Labute approximate surface area is 101 Å². The Morgan fingerprint density at radius 1 is 1.35 bits per heavy atom. The van der Waals surface area contributed by atoms with E-state index in [1.165, 1.54) is 0 Å². The first-order valence-electron chi connectivity index (χ1n) is 5.95. The minimum atomic E-state index is 0.102. The highest BCUT2D eigenvalue weighted by Crippen LogP contribution is 2.14. The lowest BCUT2D eigenvalue weighted by Gasteiger charge is -2.04. The first-order valence-corrected chi connectivity index (χ1v) is 5.95. The van der Waals surface area contributed by atoms with E-state index in [2.05, 4.69) is 17.1 Å². The molecule has 0 radical (unpaired) electrons. The van der Waals surface area contributed by atoms with Gasteiger partial charge in [-0.15, -0.1) is 10.2 Å². The molecule has 2 aromatic heterocycles. The molecule has 0 saturated heterocycles. The molecule has 0 bridgehead atoms. The van der Waals surface area contributed by atoms with Gasteiger partial charge in [0.05, 0.1) is 0 Å². The Kier molecular flexibility index (Phi) is 3.58. The number of aromatic nitrogens is 3. The summed E-state index contributed by atoms with van der Waals surface area (Å²) in [6.07, 6.45) is 5.72. The van der Waals surface area contributed by atoms with Gasteiger partial charge in [-0.3, -0.25) is 0 Å². The van der Waals surface area contributed by atoms with Crippen molar-refractivity contribution in [3.05, 3.63) is 35.8 Å². The lowest BCUT2D eigenvalue weighted by atomic mass is 10.1. The number of aryl methyl sites for hydroxylation is 1. The van der Waals surface area contributed by atoms with Crippen LogP contribution in [0.4, 0.5) is 0 Å². The van der Waals surface area contributed by atoms with Gasteiger partial charge in [0.1, 0.15) is 6.54 Å². The molecule has 0 spiro atoms. The third-order valence-corrected chi connectivity index (χ3v) is 2.77. The predicted octanol–water partition coefficient (Wildman–Crippen LogP) is 1.89. The molecule has 0 aliphatic carbocycles. The molecule has 0 aliphatic heterocycles. The fourth-order valence-electron chi connectivity index (χ4n) is 1.66. The van der Waals surface area contributed by atoms with Crippen LogP contribution in [-0.2, 0) is 13.0 Å². The van der Waals surface area contributed by atoms with Crippen LogP contribution in [0.15, 0.2) is 22.9 Å². The maximum absolute atomic E-state index is 5.96. The summed E-state index contributed by atoms with van der Waals surface area (Å²) in [5.74, 6) is 1.31. The molecule has 0 amide bonds. The Balaban J connectivity index is 2.06. The molecule has 1 unspecified atom stereocenters. The Morgan fingerprint density at radius 3 is 2.76 bits per heavy atom. The van der Waals surface area contributed by atoms with E-state index in [1.54, 1.807) is 0 Å². The van der Waals surface area contributed by atoms with E-state index in [0.717, 1.165) is 18.4 Å². The van der Waals surface area contributed by atoms with E-state index in [0.29, 0.717) is 18.3 Å². The lowest BCUT2D eigenvalue weighted by molar-refractivity contribution is 0.442. The molecule has 5 heteroatoms. The molecule has 0 aliphatic rings. The Bertz CT molecular complexity index is 474. The van der Waals surface area contributed by atoms with Gasteiger partial charge < -0.3 is 14.7 Å². The number of hydrogen-bond acceptors (Lipinski definition) is 4. The molecule has 0 aromatic carbocycles. The maximum Gasteiger partial charge on any atom is 0.236 e. The molecule has 0 saturated carbocycles. The normalized spacial score (nSPS) is 12.9. The summed E-state index contributed by atoms with van der Waals surface area (Å²) in [4.78, 5) is 0. The van der Waals surface area contributed by atoms with E-state index in [1.807, 2.05) is 30.0 Å². The van der Waals surface area contributed by atoms with Crippen molar-refractivity contribution in [1.29, 1.82) is 0 Å². The van der Waals surface area contributed by atoms with E-state index in [4.69, 9.17) is 10.2 Å². The van der Waals surface area contributed by atoms with Crippen LogP contribution >= 0.6 is 0 Å². The van der Waals surface area contributed by atoms with Crippen LogP contribution in [0.1, 0.15) is 43.7 Å². The van der Waals surface area contributed by atoms with Gasteiger partial charge in [-0.25, -0.2) is 0 Å². The molecule has 2 rings (SSSR count). The van der Waals surface area contributed by atoms with Crippen molar-refractivity contribution in [1.82, 2.24) is 14.8 Å². The lowest BCUT2D eigenvalue weighted by Crippen LogP contribution is -2.07. The van der Waals surface area contributed by atoms with Gasteiger partial charge in [0, 0.05) is 24.9 Å². The van der Waals surface area contributed by atoms with Crippen LogP contribution in [0.25, 0.3) is 0 Å². The van der Waals surface area contributed by atoms with E-state index < -0.39 is 0 Å². The van der Waals surface area contributed by atoms with E-state index in [-0.39, 0.29) is 6.04 Å². The van der Waals surface area contributed by atoms with Gasteiger partial charge in [0.2, 0.25) is 11.8 Å². The smallest absolute Gasteiger partial charge is 0.236 e. The van der Waals surface area contributed by atoms with Crippen molar-refractivity contribution < 1.29 is 4.42 Å². The monoisotopic (exact) mass is 234 g/mol. The van der Waals surface area contributed by atoms with Gasteiger partial charge in [0.15, 0.2) is 0 Å². The van der Waals surface area contributed by atoms with Crippen LogP contribution in [0.3, 0.4) is 0 Å². The van der Waals surface area contributed by atoms with Crippen LogP contribution in [-0.4, -0.2) is 14.8 Å². The fourth-order valence-corrected chi connectivity index (χ4v) is 1.66. The van der Waals surface area contributed by atoms with Crippen LogP contribution in [0, 0.1) is 0 Å². The zero-order valence-electron chi connectivity index (χ0n) is 10.3. The van der Waals surface area contributed by atoms with Crippen molar-refractivity contribution >= 4 is 0 Å². The Morgan fingerprint density at radius 2 is 2.12 bits per heavy atom. The molecule has 1 atom stereocenters. The molecule has 2 aromatic rings. The second-order valence-electron chi connectivity index (χ2n) is 4.08. The molecule has 2 N–H and O–H groups in total. The highest BCUT2D eigenvalue weighted by atomic mass is 16.4. The number of rotatable bonds is 5. The van der Waals surface area contributed by atoms with Crippen molar-refractivity contribution in [2.75, 3.05) is 0 Å². The van der Waals surface area contributed by atoms with Crippen LogP contribution in [0.2, 0.25) is 0 Å². The van der Waals surface area contributed by atoms with Gasteiger partial charge in [0.25, 0.3) is 0 Å². The van der Waals surface area contributed by atoms with Gasteiger partial charge >= 0.3 is 0 Å². The van der Waals surface area contributed by atoms with Gasteiger partial charge in [-0.05, 0) is 18.1 Å². The number of nitrogens with zero attached hydrogens (tertiary/aromatic N) is 3. The standard InChI is InChI=1S/C12H18N4O/c1-3-10(13)9-5-6-16(7-9)8-12-15-14-11(4-2)17-12/h5-7,10H,3-4,8,13H2,1-2H3. The summed E-state index contributed by atoms with van der Waals surface area (Å²) in [5.41, 5.74) is 7.10. The second-order valence-corrected chi connectivity index (χ2v) is 4.08. The van der Waals surface area contributed by atoms with Crippen LogP contribution in [0.5, 0.6) is 0 Å². The number of nitrogens with two attached hydrogens (primary N) is 1. The summed E-state index contributed by atoms with van der Waals surface area (Å²) in [5, 5.41) is 7.92. The minimum Gasteiger partial charge on any atom is -0.423 e. The zero-order valence-corrected chi connectivity index (χ0v) is 10.3. The average molecular weight is 234 g/mol. The topological polar surface area (TPSA) is 69.9 Å². The SMILES string of the molecule is CCc1nnc(Cn2ccc(C(N)CC)c2)o1. The summed E-state index contributed by atoms with van der Waals surface area (Å²) in [6, 6.07) is 2.13. The quantitative estimate of drug-likeness (QED) is 0.857. The largest absolute Gasteiger partial charge is 0.423 e. The molecule has 92 valence electrons. The highest BCUT2D eigenvalue weighted by molar-refractivity contribution is 5.15. The third-order valence-electron chi connectivity index (χ3n) is 2.77. The molecule has 0 fully saturated rings. The van der Waals surface area contributed by atoms with E-state index in [9.17, 15) is 0 Å². The summed E-state index contributed by atoms with van der Waals surface area (Å²) >= 11 is 0. The van der Waals surface area contributed by atoms with Crippen molar-refractivity contribution in [2.24, 2.45) is 5.73 Å². The molecular formula is C12H18N4O. The summed E-state index contributed by atoms with van der Waals surface area (Å²) < 4.78 is 7.47. The summed E-state index contributed by atoms with van der Waals surface area (Å²) in [7, 11) is 0. The zero-order chi connectivity index (χ0) is 12.3. The average Bonchev–Trinajstić information content (AvgIpc) is 2.97. The first kappa shape index (κ1) is 11.9. The molecular weight excluding hydrogens is 216 g/mol. The molecule has 2 heterocycles. The predicted molar refractivity (Wildman–Crippen MR) is 64.4 cm³/mol. The second kappa shape index (κ2) is 5.14. The van der Waals surface area contributed by atoms with Crippen molar-refractivity contribution in [3.63, 3.8) is 0 Å². The third kappa shape index (κ3) is 2.74. The number of hydrogen-bond donors (Lipinski definition) is 1. The van der Waals surface area contributed by atoms with Crippen molar-refractivity contribution in [2.45, 2.75) is 39.3 Å². The van der Waals surface area contributed by atoms with Gasteiger partial charge in [-0.2, -0.15) is 0 Å². The highest BCUT2D eigenvalue weighted by Gasteiger charge is 2.08. The fraction of sp³-hybridized carbons (Fsp3) is 0.500. The summed E-state index contributed by atoms with van der Waals surface area (Å²) in [6.45, 7) is 4.67. The molecule has 5 nitrogen and oxygen atoms in total.